The number of nitrogens with zero attached hydrogens (tertiary/aromatic N) is 4. The fraction of sp³-hybridized carbons (Fsp3) is 0.737. The average Bonchev–Trinajstić information content (AvgIpc) is 3.13. The summed E-state index contributed by atoms with van der Waals surface area (Å²) in [6.07, 6.45) is 3.96. The molecule has 0 unspecified atom stereocenters. The summed E-state index contributed by atoms with van der Waals surface area (Å²) < 4.78 is 32.7. The maximum atomic E-state index is 13.2. The molecule has 1 aliphatic carbocycles. The predicted molar refractivity (Wildman–Crippen MR) is 116 cm³/mol. The zero-order valence-electron chi connectivity index (χ0n) is 18.2. The third kappa shape index (κ3) is 5.32. The van der Waals surface area contributed by atoms with Crippen LogP contribution in [-0.4, -0.2) is 43.7 Å². The number of anilines is 1. The van der Waals surface area contributed by atoms with E-state index in [0.717, 1.165) is 19.3 Å². The lowest BCUT2D eigenvalue weighted by Crippen LogP contribution is -2.26. The molecule has 2 atom stereocenters. The van der Waals surface area contributed by atoms with Crippen molar-refractivity contribution in [1.29, 1.82) is 0 Å². The Labute approximate surface area is 182 Å². The quantitative estimate of drug-likeness (QED) is 0.382. The average molecular weight is 460 g/mol. The van der Waals surface area contributed by atoms with Crippen LogP contribution in [0.5, 0.6) is 0 Å². The highest BCUT2D eigenvalue weighted by molar-refractivity contribution is 7.53. The number of nitrogen functional groups attached to an aromatic ring is 1. The molecule has 0 aromatic carbocycles. The van der Waals surface area contributed by atoms with Crippen LogP contribution in [0.25, 0.3) is 11.2 Å². The maximum Gasteiger partial charge on any atom is 0.356 e. The van der Waals surface area contributed by atoms with E-state index in [1.54, 1.807) is 6.33 Å². The molecule has 0 radical (unpaired) electrons. The molecule has 11 heteroatoms. The van der Waals surface area contributed by atoms with Crippen LogP contribution in [0.4, 0.5) is 5.95 Å². The maximum absolute atomic E-state index is 13.2. The van der Waals surface area contributed by atoms with Gasteiger partial charge in [-0.1, -0.05) is 24.9 Å². The first-order chi connectivity index (χ1) is 14.1. The van der Waals surface area contributed by atoms with E-state index in [9.17, 15) is 4.57 Å². The number of rotatable bonds is 11. The standard InChI is InChI=1S/C19H31ClN5O4P/c1-6-7-14-8-19(14,27-11-30(26,28-12(2)3)29-13(4)5)9-25-10-22-15-16(20)23-18(21)24-17(15)25/h10,12-14H,6-9,11H2,1-5H3,(H2,21,23,24)/t14-,19+/m1/s1. The molecule has 1 fully saturated rings. The van der Waals surface area contributed by atoms with Gasteiger partial charge >= 0.3 is 7.60 Å². The van der Waals surface area contributed by atoms with Gasteiger partial charge < -0.3 is 24.1 Å². The van der Waals surface area contributed by atoms with Crippen LogP contribution in [0.2, 0.25) is 5.15 Å². The zero-order chi connectivity index (χ0) is 22.1. The second-order valence-corrected chi connectivity index (χ2v) is 10.6. The summed E-state index contributed by atoms with van der Waals surface area (Å²) in [4.78, 5) is 12.6. The summed E-state index contributed by atoms with van der Waals surface area (Å²) in [5.74, 6) is 0.423. The molecule has 2 aromatic heterocycles. The number of aromatic nitrogens is 4. The number of hydrogen-bond acceptors (Lipinski definition) is 8. The van der Waals surface area contributed by atoms with Crippen LogP contribution in [0.1, 0.15) is 53.9 Å². The van der Waals surface area contributed by atoms with Crippen molar-refractivity contribution in [1.82, 2.24) is 19.5 Å². The molecular formula is C19H31ClN5O4P. The van der Waals surface area contributed by atoms with Crippen molar-refractivity contribution in [3.63, 3.8) is 0 Å². The van der Waals surface area contributed by atoms with E-state index in [2.05, 4.69) is 21.9 Å². The summed E-state index contributed by atoms with van der Waals surface area (Å²) in [5, 5.41) is 0.215. The van der Waals surface area contributed by atoms with Gasteiger partial charge in [0.15, 0.2) is 10.8 Å². The minimum absolute atomic E-state index is 0.0882. The molecule has 0 aliphatic heterocycles. The second kappa shape index (κ2) is 9.09. The van der Waals surface area contributed by atoms with Gasteiger partial charge in [0.2, 0.25) is 5.95 Å². The predicted octanol–water partition coefficient (Wildman–Crippen LogP) is 4.64. The number of hydrogen-bond donors (Lipinski definition) is 1. The van der Waals surface area contributed by atoms with Crippen molar-refractivity contribution in [3.8, 4) is 0 Å². The lowest BCUT2D eigenvalue weighted by Gasteiger charge is -2.26. The molecule has 168 valence electrons. The van der Waals surface area contributed by atoms with Crippen molar-refractivity contribution >= 4 is 36.3 Å². The van der Waals surface area contributed by atoms with Crippen molar-refractivity contribution < 1.29 is 18.3 Å². The molecule has 1 saturated carbocycles. The van der Waals surface area contributed by atoms with Gasteiger partial charge in [0.1, 0.15) is 11.9 Å². The minimum atomic E-state index is -3.40. The first kappa shape index (κ1) is 23.4. The van der Waals surface area contributed by atoms with Crippen molar-refractivity contribution in [2.75, 3.05) is 12.1 Å². The third-order valence-corrected chi connectivity index (χ3v) is 7.14. The lowest BCUT2D eigenvalue weighted by molar-refractivity contribution is 0.0159. The molecule has 9 nitrogen and oxygen atoms in total. The van der Waals surface area contributed by atoms with E-state index < -0.39 is 13.2 Å². The molecule has 2 heterocycles. The van der Waals surface area contributed by atoms with E-state index >= 15 is 0 Å². The van der Waals surface area contributed by atoms with Crippen molar-refractivity contribution in [2.24, 2.45) is 5.92 Å². The van der Waals surface area contributed by atoms with Gasteiger partial charge in [-0.2, -0.15) is 9.97 Å². The minimum Gasteiger partial charge on any atom is -0.368 e. The topological polar surface area (TPSA) is 114 Å². The Morgan fingerprint density at radius 2 is 1.97 bits per heavy atom. The Morgan fingerprint density at radius 3 is 2.57 bits per heavy atom. The van der Waals surface area contributed by atoms with Crippen molar-refractivity contribution in [2.45, 2.75) is 78.2 Å². The number of nitrogens with two attached hydrogens (primary N) is 1. The number of imidazole rings is 1. The summed E-state index contributed by atoms with van der Waals surface area (Å²) in [6.45, 7) is 9.94. The summed E-state index contributed by atoms with van der Waals surface area (Å²) in [6, 6.07) is 0. The number of ether oxygens (including phenoxy) is 1. The molecule has 30 heavy (non-hydrogen) atoms. The first-order valence-electron chi connectivity index (χ1n) is 10.3. The van der Waals surface area contributed by atoms with Gasteiger partial charge in [0, 0.05) is 0 Å². The molecule has 0 bridgehead atoms. The van der Waals surface area contributed by atoms with E-state index in [1.807, 2.05) is 32.3 Å². The molecule has 2 N–H and O–H groups in total. The Kier molecular flexibility index (Phi) is 7.09. The Bertz CT molecular complexity index is 923. The molecule has 0 amide bonds. The highest BCUT2D eigenvalue weighted by Crippen LogP contribution is 2.57. The van der Waals surface area contributed by atoms with Crippen LogP contribution in [-0.2, 0) is 24.9 Å². The molecule has 0 saturated heterocycles. The Balaban J connectivity index is 1.83. The highest BCUT2D eigenvalue weighted by atomic mass is 35.5. The van der Waals surface area contributed by atoms with Crippen LogP contribution in [0, 0.1) is 5.92 Å². The number of fused-ring (bicyclic) bond motifs is 1. The van der Waals surface area contributed by atoms with Gasteiger partial charge in [0.05, 0.1) is 30.7 Å². The third-order valence-electron chi connectivity index (χ3n) is 4.94. The van der Waals surface area contributed by atoms with E-state index in [0.29, 0.717) is 23.6 Å². The van der Waals surface area contributed by atoms with Crippen LogP contribution in [0.3, 0.4) is 0 Å². The smallest absolute Gasteiger partial charge is 0.356 e. The van der Waals surface area contributed by atoms with E-state index in [1.165, 1.54) is 0 Å². The lowest BCUT2D eigenvalue weighted by atomic mass is 10.1. The fourth-order valence-corrected chi connectivity index (χ4v) is 5.84. The summed E-state index contributed by atoms with van der Waals surface area (Å²) >= 11 is 6.15. The Hall–Kier alpha value is -1.25. The second-order valence-electron chi connectivity index (χ2n) is 8.36. The van der Waals surface area contributed by atoms with Gasteiger partial charge in [-0.25, -0.2) is 4.98 Å². The Morgan fingerprint density at radius 1 is 1.30 bits per heavy atom. The molecule has 1 aliphatic rings. The zero-order valence-corrected chi connectivity index (χ0v) is 19.8. The molecular weight excluding hydrogens is 429 g/mol. The largest absolute Gasteiger partial charge is 0.368 e. The molecule has 3 rings (SSSR count). The van der Waals surface area contributed by atoms with E-state index in [-0.39, 0.29) is 29.7 Å². The van der Waals surface area contributed by atoms with Gasteiger partial charge in [-0.3, -0.25) is 4.57 Å². The van der Waals surface area contributed by atoms with Gasteiger partial charge in [-0.15, -0.1) is 0 Å². The van der Waals surface area contributed by atoms with Crippen molar-refractivity contribution in [3.05, 3.63) is 11.5 Å². The monoisotopic (exact) mass is 459 g/mol. The first-order valence-corrected chi connectivity index (χ1v) is 12.4. The normalized spacial score (nSPS) is 21.8. The summed E-state index contributed by atoms with van der Waals surface area (Å²) in [7, 11) is -3.40. The fourth-order valence-electron chi connectivity index (χ4n) is 3.75. The summed E-state index contributed by atoms with van der Waals surface area (Å²) in [5.41, 5.74) is 6.32. The van der Waals surface area contributed by atoms with Crippen LogP contribution in [0.15, 0.2) is 6.33 Å². The SMILES string of the molecule is CCC[C@@H]1C[C@@]1(Cn1cnc2c(Cl)nc(N)nc21)OCP(=O)(OC(C)C)OC(C)C. The van der Waals surface area contributed by atoms with Gasteiger partial charge in [-0.05, 0) is 46.5 Å². The number of halogens is 1. The molecule has 0 spiro atoms. The molecule has 2 aromatic rings. The van der Waals surface area contributed by atoms with Crippen LogP contribution < -0.4 is 5.73 Å². The highest BCUT2D eigenvalue weighted by Gasteiger charge is 2.56. The van der Waals surface area contributed by atoms with Gasteiger partial charge in [0.25, 0.3) is 0 Å². The van der Waals surface area contributed by atoms with E-state index in [4.69, 9.17) is 31.1 Å². The van der Waals surface area contributed by atoms with Crippen LogP contribution >= 0.6 is 19.2 Å².